The van der Waals surface area contributed by atoms with Crippen molar-refractivity contribution in [3.8, 4) is 0 Å². The van der Waals surface area contributed by atoms with Crippen molar-refractivity contribution in [1.29, 1.82) is 0 Å². The van der Waals surface area contributed by atoms with E-state index in [0.717, 1.165) is 17.2 Å². The van der Waals surface area contributed by atoms with Gasteiger partial charge in [-0.2, -0.15) is 8.42 Å². The standard InChI is InChI=1S/C9H20O5S2.Na.H/c1-2-6-13-7-4-9-15-16(11,12)14-8-3-5-10;;/h10H,2-9H2,1H3;;/q;+1;-1. The fourth-order valence-corrected chi connectivity index (χ4v) is 3.03. The smallest absolute Gasteiger partial charge is 1.00 e. The number of hydrogen-bond acceptors (Lipinski definition) is 6. The van der Waals surface area contributed by atoms with Gasteiger partial charge < -0.3 is 11.3 Å². The van der Waals surface area contributed by atoms with Crippen LogP contribution in [0.25, 0.3) is 0 Å². The number of hydrogen-bond donors (Lipinski definition) is 1. The Hall–Kier alpha value is 1.18. The maximum atomic E-state index is 11.2. The van der Waals surface area contributed by atoms with Crippen LogP contribution >= 0.6 is 10.8 Å². The summed E-state index contributed by atoms with van der Waals surface area (Å²) in [6.45, 7) is 3.29. The number of aliphatic hydroxyl groups is 1. The molecule has 0 bridgehead atoms. The summed E-state index contributed by atoms with van der Waals surface area (Å²) in [5.74, 6) is 0.463. The predicted molar refractivity (Wildman–Crippen MR) is 65.9 cm³/mol. The molecule has 0 rings (SSSR count). The molecule has 0 fully saturated rings. The van der Waals surface area contributed by atoms with Crippen molar-refractivity contribution in [3.63, 3.8) is 0 Å². The summed E-state index contributed by atoms with van der Waals surface area (Å²) in [4.78, 5) is 0. The Morgan fingerprint density at radius 1 is 1.24 bits per heavy atom. The van der Waals surface area contributed by atoms with Crippen molar-refractivity contribution < 1.29 is 53.4 Å². The summed E-state index contributed by atoms with van der Waals surface area (Å²) < 4.78 is 32.3. The van der Waals surface area contributed by atoms with E-state index in [1.807, 2.05) is 6.92 Å². The first-order chi connectivity index (χ1) is 7.62. The molecule has 0 aliphatic carbocycles. The summed E-state index contributed by atoms with van der Waals surface area (Å²) in [6, 6.07) is 0. The van der Waals surface area contributed by atoms with Crippen LogP contribution in [0.2, 0.25) is 0 Å². The second-order valence-electron chi connectivity index (χ2n) is 3.10. The first kappa shape index (κ1) is 20.5. The molecule has 0 aliphatic rings. The Labute approximate surface area is 131 Å². The fraction of sp³-hybridized carbons (Fsp3) is 1.00. The molecule has 0 saturated carbocycles. The number of ether oxygens (including phenoxy) is 1. The molecule has 0 aromatic heterocycles. The molecule has 5 nitrogen and oxygen atoms in total. The Kier molecular flexibility index (Phi) is 16.4. The van der Waals surface area contributed by atoms with Crippen LogP contribution in [0, 0.1) is 0 Å². The van der Waals surface area contributed by atoms with Crippen LogP contribution in [0.1, 0.15) is 27.6 Å². The van der Waals surface area contributed by atoms with Crippen LogP contribution in [-0.4, -0.2) is 45.7 Å². The van der Waals surface area contributed by atoms with Gasteiger partial charge in [-0.25, -0.2) is 0 Å². The van der Waals surface area contributed by atoms with Crippen LogP contribution in [0.4, 0.5) is 0 Å². The Morgan fingerprint density at radius 2 is 1.94 bits per heavy atom. The van der Waals surface area contributed by atoms with E-state index in [4.69, 9.17) is 9.84 Å². The van der Waals surface area contributed by atoms with Crippen molar-refractivity contribution in [3.05, 3.63) is 0 Å². The molecule has 0 aromatic carbocycles. The molecule has 0 aliphatic heterocycles. The van der Waals surface area contributed by atoms with E-state index >= 15 is 0 Å². The van der Waals surface area contributed by atoms with E-state index in [1.54, 1.807) is 0 Å². The van der Waals surface area contributed by atoms with E-state index < -0.39 is 9.15 Å². The molecular weight excluding hydrogens is 275 g/mol. The quantitative estimate of drug-likeness (QED) is 0.278. The summed E-state index contributed by atoms with van der Waals surface area (Å²) in [5.41, 5.74) is 0. The van der Waals surface area contributed by atoms with E-state index in [0.29, 0.717) is 31.8 Å². The van der Waals surface area contributed by atoms with E-state index in [2.05, 4.69) is 4.18 Å². The predicted octanol–water partition coefficient (Wildman–Crippen LogP) is -1.70. The summed E-state index contributed by atoms with van der Waals surface area (Å²) in [6.07, 6.45) is 1.99. The van der Waals surface area contributed by atoms with Crippen molar-refractivity contribution in [2.45, 2.75) is 26.2 Å². The van der Waals surface area contributed by atoms with Gasteiger partial charge >= 0.3 is 38.7 Å². The summed E-state index contributed by atoms with van der Waals surface area (Å²) in [5, 5.41) is 8.46. The van der Waals surface area contributed by atoms with Gasteiger partial charge in [-0.15, -0.1) is 0 Å². The molecule has 0 atom stereocenters. The van der Waals surface area contributed by atoms with E-state index in [-0.39, 0.29) is 44.2 Å². The molecule has 0 aromatic rings. The number of aliphatic hydroxyl groups excluding tert-OH is 1. The third kappa shape index (κ3) is 15.1. The van der Waals surface area contributed by atoms with Gasteiger partial charge in [0.25, 0.3) is 0 Å². The molecule has 0 radical (unpaired) electrons. The minimum Gasteiger partial charge on any atom is -1.00 e. The molecule has 100 valence electrons. The largest absolute Gasteiger partial charge is 1.00 e. The average Bonchev–Trinajstić information content (AvgIpc) is 2.23. The zero-order valence-electron chi connectivity index (χ0n) is 11.6. The maximum Gasteiger partial charge on any atom is 1.00 e. The van der Waals surface area contributed by atoms with Gasteiger partial charge in [-0.3, -0.25) is 4.18 Å². The average molecular weight is 296 g/mol. The third-order valence-electron chi connectivity index (χ3n) is 1.54. The molecule has 8 heteroatoms. The zero-order chi connectivity index (χ0) is 12.3. The van der Waals surface area contributed by atoms with Crippen LogP contribution in [0.5, 0.6) is 0 Å². The number of rotatable bonds is 11. The minimum atomic E-state index is -3.50. The van der Waals surface area contributed by atoms with Gasteiger partial charge in [0, 0.05) is 25.6 Å². The zero-order valence-corrected chi connectivity index (χ0v) is 14.2. The molecule has 0 heterocycles. The molecule has 0 spiro atoms. The van der Waals surface area contributed by atoms with Gasteiger partial charge in [-0.1, -0.05) is 6.92 Å². The van der Waals surface area contributed by atoms with E-state index in [9.17, 15) is 8.42 Å². The fourth-order valence-electron chi connectivity index (χ4n) is 0.828. The molecule has 17 heavy (non-hydrogen) atoms. The molecule has 1 N–H and O–H groups in total. The second kappa shape index (κ2) is 13.6. The normalized spacial score (nSPS) is 11.2. The van der Waals surface area contributed by atoms with Gasteiger partial charge in [0.05, 0.1) is 6.61 Å². The van der Waals surface area contributed by atoms with Crippen molar-refractivity contribution in [2.24, 2.45) is 0 Å². The summed E-state index contributed by atoms with van der Waals surface area (Å²) >= 11 is 0. The topological polar surface area (TPSA) is 72.8 Å². The maximum absolute atomic E-state index is 11.2. The van der Waals surface area contributed by atoms with Crippen molar-refractivity contribution in [1.82, 2.24) is 0 Å². The van der Waals surface area contributed by atoms with Gasteiger partial charge in [0.1, 0.15) is 0 Å². The van der Waals surface area contributed by atoms with Gasteiger partial charge in [0.15, 0.2) is 0 Å². The van der Waals surface area contributed by atoms with Crippen molar-refractivity contribution in [2.75, 3.05) is 32.2 Å². The molecule has 0 unspecified atom stereocenters. The van der Waals surface area contributed by atoms with E-state index in [1.165, 1.54) is 0 Å². The van der Waals surface area contributed by atoms with Gasteiger partial charge in [-0.05, 0) is 30.1 Å². The SMILES string of the molecule is CCCOCCCSS(=O)(=O)OCCCO.[H-].[Na+]. The second-order valence-corrected chi connectivity index (χ2v) is 6.72. The Balaban J connectivity index is -0.00000112. The molecule has 0 saturated heterocycles. The molecule has 0 amide bonds. The van der Waals surface area contributed by atoms with Crippen LogP contribution in [-0.2, 0) is 18.1 Å². The minimum absolute atomic E-state index is 0. The monoisotopic (exact) mass is 296 g/mol. The Bertz CT molecular complexity index is 251. The van der Waals surface area contributed by atoms with Gasteiger partial charge in [0.2, 0.25) is 0 Å². The Morgan fingerprint density at radius 3 is 2.53 bits per heavy atom. The summed E-state index contributed by atoms with van der Waals surface area (Å²) in [7, 11) is -2.72. The molecular formula is C9H21NaO5S2. The first-order valence-corrected chi connectivity index (χ1v) is 8.26. The van der Waals surface area contributed by atoms with Crippen LogP contribution < -0.4 is 29.6 Å². The third-order valence-corrected chi connectivity index (χ3v) is 4.39. The van der Waals surface area contributed by atoms with Crippen LogP contribution in [0.15, 0.2) is 0 Å². The first-order valence-electron chi connectivity index (χ1n) is 5.34. The van der Waals surface area contributed by atoms with Crippen LogP contribution in [0.3, 0.4) is 0 Å². The van der Waals surface area contributed by atoms with Crippen molar-refractivity contribution >= 4 is 19.9 Å².